The number of nitrogens with zero attached hydrogens (tertiary/aromatic N) is 2. The number of hydrogen-bond donors (Lipinski definition) is 2. The van der Waals surface area contributed by atoms with E-state index >= 15 is 0 Å². The number of aromatic nitrogens is 2. The summed E-state index contributed by atoms with van der Waals surface area (Å²) >= 11 is 1.30. The van der Waals surface area contributed by atoms with Crippen LogP contribution in [0.5, 0.6) is 11.5 Å². The van der Waals surface area contributed by atoms with Crippen molar-refractivity contribution in [1.82, 2.24) is 9.97 Å². The van der Waals surface area contributed by atoms with E-state index in [2.05, 4.69) is 15.3 Å². The fourth-order valence-electron chi connectivity index (χ4n) is 2.93. The first-order valence-corrected chi connectivity index (χ1v) is 12.1. The number of ether oxygens (including phenoxy) is 1. The van der Waals surface area contributed by atoms with Crippen LogP contribution in [0.4, 0.5) is 10.8 Å². The zero-order chi connectivity index (χ0) is 22.7. The second-order valence-corrected chi connectivity index (χ2v) is 9.73. The maximum atomic E-state index is 12.8. The van der Waals surface area contributed by atoms with Crippen LogP contribution in [-0.4, -0.2) is 30.5 Å². The average molecular weight is 467 g/mol. The predicted octanol–water partition coefficient (Wildman–Crippen LogP) is 4.24. The van der Waals surface area contributed by atoms with Crippen molar-refractivity contribution in [3.8, 4) is 22.8 Å². The summed E-state index contributed by atoms with van der Waals surface area (Å²) in [6.45, 7) is 0. The van der Waals surface area contributed by atoms with Crippen molar-refractivity contribution in [2.24, 2.45) is 0 Å². The smallest absolute Gasteiger partial charge is 0.257 e. The van der Waals surface area contributed by atoms with Gasteiger partial charge in [-0.2, -0.15) is 0 Å². The molecule has 10 heteroatoms. The van der Waals surface area contributed by atoms with Gasteiger partial charge < -0.3 is 10.5 Å². The lowest BCUT2D eigenvalue weighted by atomic mass is 10.0. The number of nitrogens with one attached hydrogen (secondary N) is 1. The van der Waals surface area contributed by atoms with E-state index in [0.29, 0.717) is 39.1 Å². The highest BCUT2D eigenvalue weighted by Gasteiger charge is 2.15. The van der Waals surface area contributed by atoms with Gasteiger partial charge in [0.15, 0.2) is 15.0 Å². The maximum absolute atomic E-state index is 12.8. The Morgan fingerprint density at radius 1 is 1.03 bits per heavy atom. The summed E-state index contributed by atoms with van der Waals surface area (Å²) in [6, 6.07) is 14.4. The van der Waals surface area contributed by atoms with E-state index in [1.807, 2.05) is 0 Å². The molecule has 0 spiro atoms. The van der Waals surface area contributed by atoms with Gasteiger partial charge in [-0.3, -0.25) is 15.1 Å². The Bertz CT molecular complexity index is 1370. The molecule has 0 radical (unpaired) electrons. The van der Waals surface area contributed by atoms with Crippen LogP contribution in [0.25, 0.3) is 11.3 Å². The molecule has 0 atom stereocenters. The second-order valence-electron chi connectivity index (χ2n) is 6.82. The number of nitrogen functional groups attached to an aromatic ring is 1. The van der Waals surface area contributed by atoms with Gasteiger partial charge in [-0.1, -0.05) is 0 Å². The third kappa shape index (κ3) is 4.93. The van der Waals surface area contributed by atoms with Crippen molar-refractivity contribution in [3.63, 3.8) is 0 Å². The Kier molecular flexibility index (Phi) is 5.89. The van der Waals surface area contributed by atoms with Crippen LogP contribution in [0.3, 0.4) is 0 Å². The lowest BCUT2D eigenvalue weighted by Crippen LogP contribution is -2.12. The Morgan fingerprint density at radius 3 is 2.47 bits per heavy atom. The summed E-state index contributed by atoms with van der Waals surface area (Å²) < 4.78 is 29.3. The average Bonchev–Trinajstić information content (AvgIpc) is 3.26. The number of amides is 1. The first-order chi connectivity index (χ1) is 15.3. The highest BCUT2D eigenvalue weighted by molar-refractivity contribution is 7.90. The molecule has 4 aromatic rings. The van der Waals surface area contributed by atoms with Gasteiger partial charge >= 0.3 is 0 Å². The summed E-state index contributed by atoms with van der Waals surface area (Å²) in [5.41, 5.74) is 7.96. The highest BCUT2D eigenvalue weighted by Crippen LogP contribution is 2.31. The minimum Gasteiger partial charge on any atom is -0.457 e. The number of carbonyl (C=O) groups is 1. The number of sulfone groups is 1. The molecule has 0 saturated carbocycles. The number of rotatable bonds is 6. The summed E-state index contributed by atoms with van der Waals surface area (Å²) in [5, 5.41) is 4.97. The topological polar surface area (TPSA) is 124 Å². The first-order valence-electron chi connectivity index (χ1n) is 9.34. The van der Waals surface area contributed by atoms with Crippen LogP contribution in [-0.2, 0) is 9.84 Å². The Labute approximate surface area is 188 Å². The zero-order valence-corrected chi connectivity index (χ0v) is 18.5. The number of hydrogen-bond acceptors (Lipinski definition) is 8. The van der Waals surface area contributed by atoms with E-state index in [-0.39, 0.29) is 10.8 Å². The van der Waals surface area contributed by atoms with E-state index in [4.69, 9.17) is 10.5 Å². The quantitative estimate of drug-likeness (QED) is 0.435. The molecule has 8 nitrogen and oxygen atoms in total. The molecule has 0 bridgehead atoms. The van der Waals surface area contributed by atoms with E-state index in [9.17, 15) is 13.2 Å². The van der Waals surface area contributed by atoms with Crippen LogP contribution in [0.2, 0.25) is 0 Å². The fraction of sp³-hybridized carbons (Fsp3) is 0.0455. The van der Waals surface area contributed by atoms with Crippen molar-refractivity contribution >= 4 is 37.9 Å². The number of carbonyl (C=O) groups excluding carboxylic acids is 1. The molecular formula is C22H18N4O4S2. The van der Waals surface area contributed by atoms with Gasteiger partial charge in [0.05, 0.1) is 16.3 Å². The van der Waals surface area contributed by atoms with Gasteiger partial charge in [-0.15, -0.1) is 11.3 Å². The van der Waals surface area contributed by atoms with Gasteiger partial charge in [0.1, 0.15) is 11.5 Å². The molecule has 0 aliphatic rings. The SMILES string of the molecule is CS(=O)(=O)c1ccc(Oc2cc(C(=O)Nc3nccs3)cc(-c3ncccc3N)c2)cc1. The van der Waals surface area contributed by atoms with Crippen molar-refractivity contribution < 1.29 is 17.9 Å². The van der Waals surface area contributed by atoms with Crippen LogP contribution in [0.15, 0.2) is 77.3 Å². The van der Waals surface area contributed by atoms with Crippen molar-refractivity contribution in [1.29, 1.82) is 0 Å². The minimum absolute atomic E-state index is 0.184. The van der Waals surface area contributed by atoms with E-state index in [0.717, 1.165) is 6.26 Å². The third-order valence-electron chi connectivity index (χ3n) is 4.42. The van der Waals surface area contributed by atoms with Gasteiger partial charge in [-0.05, 0) is 54.6 Å². The molecule has 0 fully saturated rings. The molecule has 2 aromatic heterocycles. The van der Waals surface area contributed by atoms with E-state index in [1.54, 1.807) is 60.2 Å². The summed E-state index contributed by atoms with van der Waals surface area (Å²) in [7, 11) is -3.32. The molecular weight excluding hydrogens is 448 g/mol. The van der Waals surface area contributed by atoms with Crippen LogP contribution < -0.4 is 15.8 Å². The molecule has 2 heterocycles. The first kappa shape index (κ1) is 21.5. The number of anilines is 2. The molecule has 3 N–H and O–H groups in total. The fourth-order valence-corrected chi connectivity index (χ4v) is 4.08. The second kappa shape index (κ2) is 8.77. The van der Waals surface area contributed by atoms with Crippen molar-refractivity contribution in [3.05, 3.63) is 77.9 Å². The zero-order valence-electron chi connectivity index (χ0n) is 16.8. The standard InChI is InChI=1S/C22H18N4O4S2/c1-32(28,29)18-6-4-16(5-7-18)30-17-12-14(20-19(23)3-2-8-24-20)11-15(13-17)21(27)26-22-25-9-10-31-22/h2-13H,23H2,1H3,(H,25,26,27). The van der Waals surface area contributed by atoms with Gasteiger partial charge in [0.2, 0.25) is 0 Å². The Morgan fingerprint density at radius 2 is 1.81 bits per heavy atom. The van der Waals surface area contributed by atoms with Gasteiger partial charge in [0.25, 0.3) is 5.91 Å². The maximum Gasteiger partial charge on any atom is 0.257 e. The molecule has 4 rings (SSSR count). The molecule has 0 unspecified atom stereocenters. The van der Waals surface area contributed by atoms with Crippen LogP contribution in [0, 0.1) is 0 Å². The number of thiazole rings is 1. The molecule has 1 amide bonds. The number of nitrogens with two attached hydrogens (primary N) is 1. The largest absolute Gasteiger partial charge is 0.457 e. The lowest BCUT2D eigenvalue weighted by Gasteiger charge is -2.12. The molecule has 162 valence electrons. The number of pyridine rings is 1. The predicted molar refractivity (Wildman–Crippen MR) is 124 cm³/mol. The molecule has 2 aromatic carbocycles. The molecule has 32 heavy (non-hydrogen) atoms. The van der Waals surface area contributed by atoms with E-state index in [1.165, 1.54) is 23.5 Å². The van der Waals surface area contributed by atoms with Crippen molar-refractivity contribution in [2.75, 3.05) is 17.3 Å². The summed E-state index contributed by atoms with van der Waals surface area (Å²) in [5.74, 6) is 0.410. The lowest BCUT2D eigenvalue weighted by molar-refractivity contribution is 0.102. The van der Waals surface area contributed by atoms with Crippen LogP contribution >= 0.6 is 11.3 Å². The normalized spacial score (nSPS) is 11.2. The van der Waals surface area contributed by atoms with Gasteiger partial charge in [-0.25, -0.2) is 13.4 Å². The minimum atomic E-state index is -3.32. The summed E-state index contributed by atoms with van der Waals surface area (Å²) in [4.78, 5) is 21.4. The van der Waals surface area contributed by atoms with Crippen LogP contribution in [0.1, 0.15) is 10.4 Å². The molecule has 0 aliphatic heterocycles. The Hall–Kier alpha value is -3.76. The number of benzene rings is 2. The highest BCUT2D eigenvalue weighted by atomic mass is 32.2. The summed E-state index contributed by atoms with van der Waals surface area (Å²) in [6.07, 6.45) is 4.34. The Balaban J connectivity index is 1.71. The third-order valence-corrected chi connectivity index (χ3v) is 6.24. The molecule has 0 saturated heterocycles. The van der Waals surface area contributed by atoms with E-state index < -0.39 is 9.84 Å². The van der Waals surface area contributed by atoms with Crippen molar-refractivity contribution in [2.45, 2.75) is 4.90 Å². The van der Waals surface area contributed by atoms with Gasteiger partial charge in [0, 0.05) is 35.2 Å². The molecule has 0 aliphatic carbocycles. The monoisotopic (exact) mass is 466 g/mol.